The lowest BCUT2D eigenvalue weighted by Crippen LogP contribution is -2.36. The second kappa shape index (κ2) is 8.40. The van der Waals surface area contributed by atoms with Gasteiger partial charge in [-0.3, -0.25) is 4.79 Å². The lowest BCUT2D eigenvalue weighted by atomic mass is 10.1. The molecule has 0 heterocycles. The second-order valence-corrected chi connectivity index (χ2v) is 5.87. The molecule has 2 rings (SSSR count). The van der Waals surface area contributed by atoms with E-state index in [1.165, 1.54) is 24.3 Å². The molecule has 0 aliphatic carbocycles. The van der Waals surface area contributed by atoms with Gasteiger partial charge in [0.1, 0.15) is 5.82 Å². The number of hydrogen-bond acceptors (Lipinski definition) is 2. The fraction of sp³-hybridized carbons (Fsp3) is 0.222. The van der Waals surface area contributed by atoms with Gasteiger partial charge >= 0.3 is 0 Å². The molecule has 0 aliphatic rings. The molecule has 0 atom stereocenters. The van der Waals surface area contributed by atoms with E-state index in [4.69, 9.17) is 12.2 Å². The Morgan fingerprint density at radius 3 is 2.42 bits per heavy atom. The highest BCUT2D eigenvalue weighted by atomic mass is 32.1. The van der Waals surface area contributed by atoms with Crippen LogP contribution in [0.1, 0.15) is 21.5 Å². The van der Waals surface area contributed by atoms with Crippen LogP contribution in [-0.2, 0) is 0 Å². The fourth-order valence-corrected chi connectivity index (χ4v) is 2.30. The summed E-state index contributed by atoms with van der Waals surface area (Å²) in [5.74, 6) is -0.610. The van der Waals surface area contributed by atoms with Gasteiger partial charge in [0.25, 0.3) is 5.91 Å². The molecule has 6 heteroatoms. The zero-order valence-electron chi connectivity index (χ0n) is 13.7. The van der Waals surface area contributed by atoms with Crippen molar-refractivity contribution in [3.63, 3.8) is 0 Å². The fourth-order valence-electron chi connectivity index (χ4n) is 2.09. The summed E-state index contributed by atoms with van der Waals surface area (Å²) in [6.45, 7) is 4.92. The highest BCUT2D eigenvalue weighted by molar-refractivity contribution is 7.80. The van der Waals surface area contributed by atoms with Gasteiger partial charge < -0.3 is 16.0 Å². The minimum absolute atomic E-state index is 0.245. The Bertz CT molecular complexity index is 732. The lowest BCUT2D eigenvalue weighted by Gasteiger charge is -2.13. The van der Waals surface area contributed by atoms with Gasteiger partial charge in [-0.1, -0.05) is 12.1 Å². The van der Waals surface area contributed by atoms with Crippen molar-refractivity contribution in [2.24, 2.45) is 0 Å². The third kappa shape index (κ3) is 5.31. The van der Waals surface area contributed by atoms with Gasteiger partial charge in [0.05, 0.1) is 0 Å². The summed E-state index contributed by atoms with van der Waals surface area (Å²) in [4.78, 5) is 11.9. The van der Waals surface area contributed by atoms with Gasteiger partial charge in [-0.25, -0.2) is 4.39 Å². The van der Waals surface area contributed by atoms with E-state index in [2.05, 4.69) is 16.0 Å². The molecule has 0 fully saturated rings. The standard InChI is InChI=1S/C18H20FN3OS/c1-12-3-4-13(2)16(11-12)22-18(24)21-10-9-20-17(23)14-5-7-15(19)8-6-14/h3-8,11H,9-10H2,1-2H3,(H,20,23)(H2,21,22,24). The smallest absolute Gasteiger partial charge is 0.251 e. The Labute approximate surface area is 146 Å². The van der Waals surface area contributed by atoms with Crippen molar-refractivity contribution in [3.05, 3.63) is 65.0 Å². The van der Waals surface area contributed by atoms with Crippen LogP contribution < -0.4 is 16.0 Å². The number of hydrogen-bond donors (Lipinski definition) is 3. The minimum Gasteiger partial charge on any atom is -0.361 e. The quantitative estimate of drug-likeness (QED) is 0.576. The van der Waals surface area contributed by atoms with Gasteiger partial charge in [0.2, 0.25) is 0 Å². The predicted octanol–water partition coefficient (Wildman–Crippen LogP) is 3.16. The molecular formula is C18H20FN3OS. The number of aryl methyl sites for hydroxylation is 2. The number of benzene rings is 2. The highest BCUT2D eigenvalue weighted by Crippen LogP contribution is 2.15. The third-order valence-electron chi connectivity index (χ3n) is 3.44. The van der Waals surface area contributed by atoms with Crippen molar-refractivity contribution in [3.8, 4) is 0 Å². The number of carbonyl (C=O) groups is 1. The molecule has 4 nitrogen and oxygen atoms in total. The molecule has 1 amide bonds. The van der Waals surface area contributed by atoms with Crippen molar-refractivity contribution in [1.82, 2.24) is 10.6 Å². The molecule has 0 saturated heterocycles. The average Bonchev–Trinajstić information content (AvgIpc) is 2.55. The number of thiocarbonyl (C=S) groups is 1. The molecule has 0 saturated carbocycles. The Morgan fingerprint density at radius 1 is 1.04 bits per heavy atom. The molecule has 126 valence electrons. The second-order valence-electron chi connectivity index (χ2n) is 5.46. The first-order valence-electron chi connectivity index (χ1n) is 7.61. The normalized spacial score (nSPS) is 10.1. The molecule has 0 aromatic heterocycles. The van der Waals surface area contributed by atoms with Crippen LogP contribution in [0.3, 0.4) is 0 Å². The van der Waals surface area contributed by atoms with Crippen LogP contribution in [0.25, 0.3) is 0 Å². The van der Waals surface area contributed by atoms with E-state index < -0.39 is 0 Å². The van der Waals surface area contributed by atoms with Gasteiger partial charge in [-0.05, 0) is 67.5 Å². The molecular weight excluding hydrogens is 325 g/mol. The van der Waals surface area contributed by atoms with Crippen molar-refractivity contribution < 1.29 is 9.18 Å². The van der Waals surface area contributed by atoms with E-state index in [0.717, 1.165) is 16.8 Å². The van der Waals surface area contributed by atoms with Crippen molar-refractivity contribution >= 4 is 28.9 Å². The molecule has 2 aromatic rings. The zero-order chi connectivity index (χ0) is 17.5. The van der Waals surface area contributed by atoms with Crippen molar-refractivity contribution in [1.29, 1.82) is 0 Å². The topological polar surface area (TPSA) is 53.2 Å². The molecule has 0 bridgehead atoms. The van der Waals surface area contributed by atoms with E-state index in [-0.39, 0.29) is 11.7 Å². The van der Waals surface area contributed by atoms with Crippen LogP contribution in [0.2, 0.25) is 0 Å². The zero-order valence-corrected chi connectivity index (χ0v) is 14.5. The number of rotatable bonds is 5. The summed E-state index contributed by atoms with van der Waals surface area (Å²) in [7, 11) is 0. The van der Waals surface area contributed by atoms with Gasteiger partial charge in [0.15, 0.2) is 5.11 Å². The number of carbonyl (C=O) groups excluding carboxylic acids is 1. The van der Waals surface area contributed by atoms with E-state index in [0.29, 0.717) is 23.8 Å². The Hall–Kier alpha value is -2.47. The molecule has 24 heavy (non-hydrogen) atoms. The van der Waals surface area contributed by atoms with Crippen LogP contribution in [0.4, 0.5) is 10.1 Å². The summed E-state index contributed by atoms with van der Waals surface area (Å²) in [5, 5.41) is 9.43. The van der Waals surface area contributed by atoms with Crippen molar-refractivity contribution in [2.45, 2.75) is 13.8 Å². The Morgan fingerprint density at radius 2 is 1.71 bits per heavy atom. The third-order valence-corrected chi connectivity index (χ3v) is 3.69. The van der Waals surface area contributed by atoms with Crippen LogP contribution in [0.5, 0.6) is 0 Å². The number of anilines is 1. The lowest BCUT2D eigenvalue weighted by molar-refractivity contribution is 0.0954. The molecule has 0 radical (unpaired) electrons. The number of nitrogens with one attached hydrogen (secondary N) is 3. The predicted molar refractivity (Wildman–Crippen MR) is 98.9 cm³/mol. The Balaban J connectivity index is 1.73. The van der Waals surface area contributed by atoms with E-state index in [1.807, 2.05) is 32.0 Å². The van der Waals surface area contributed by atoms with E-state index in [1.54, 1.807) is 0 Å². The summed E-state index contributed by atoms with van der Waals surface area (Å²) >= 11 is 5.25. The van der Waals surface area contributed by atoms with Gasteiger partial charge in [-0.2, -0.15) is 0 Å². The SMILES string of the molecule is Cc1ccc(C)c(NC(=S)NCCNC(=O)c2ccc(F)cc2)c1. The first kappa shape index (κ1) is 17.9. The first-order valence-corrected chi connectivity index (χ1v) is 8.02. The largest absolute Gasteiger partial charge is 0.361 e. The van der Waals surface area contributed by atoms with Crippen LogP contribution in [0, 0.1) is 19.7 Å². The molecule has 0 spiro atoms. The molecule has 0 unspecified atom stereocenters. The summed E-state index contributed by atoms with van der Waals surface area (Å²) in [6.07, 6.45) is 0. The minimum atomic E-state index is -0.365. The van der Waals surface area contributed by atoms with Crippen LogP contribution in [0.15, 0.2) is 42.5 Å². The summed E-state index contributed by atoms with van der Waals surface area (Å²) in [6, 6.07) is 11.5. The average molecular weight is 345 g/mol. The summed E-state index contributed by atoms with van der Waals surface area (Å²) < 4.78 is 12.8. The Kier molecular flexibility index (Phi) is 6.26. The molecule has 2 aromatic carbocycles. The van der Waals surface area contributed by atoms with Gasteiger partial charge in [0, 0.05) is 24.3 Å². The maximum atomic E-state index is 12.8. The van der Waals surface area contributed by atoms with E-state index >= 15 is 0 Å². The highest BCUT2D eigenvalue weighted by Gasteiger charge is 2.05. The van der Waals surface area contributed by atoms with Crippen molar-refractivity contribution in [2.75, 3.05) is 18.4 Å². The molecule has 0 aliphatic heterocycles. The monoisotopic (exact) mass is 345 g/mol. The van der Waals surface area contributed by atoms with Crippen LogP contribution in [-0.4, -0.2) is 24.1 Å². The van der Waals surface area contributed by atoms with Gasteiger partial charge in [-0.15, -0.1) is 0 Å². The molecule has 3 N–H and O–H groups in total. The maximum absolute atomic E-state index is 12.8. The van der Waals surface area contributed by atoms with E-state index in [9.17, 15) is 9.18 Å². The maximum Gasteiger partial charge on any atom is 0.251 e. The summed E-state index contributed by atoms with van der Waals surface area (Å²) in [5.41, 5.74) is 3.64. The number of amides is 1. The first-order chi connectivity index (χ1) is 11.5. The number of halogens is 1. The van der Waals surface area contributed by atoms with Crippen LogP contribution >= 0.6 is 12.2 Å².